The first kappa shape index (κ1) is 18.3. The average Bonchev–Trinajstić information content (AvgIpc) is 3.20. The molecular weight excluding hydrogens is 366 g/mol. The summed E-state index contributed by atoms with van der Waals surface area (Å²) in [4.78, 5) is 50.5. The first-order chi connectivity index (χ1) is 13.4. The number of carbonyl (C=O) groups is 4. The van der Waals surface area contributed by atoms with Gasteiger partial charge in [0, 0.05) is 11.6 Å². The van der Waals surface area contributed by atoms with Gasteiger partial charge in [-0.1, -0.05) is 19.3 Å². The number of rotatable bonds is 4. The number of hydrogen-bond acceptors (Lipinski definition) is 6. The number of nitrogens with zero attached hydrogens (tertiary/aromatic N) is 1. The molecule has 0 unspecified atom stereocenters. The van der Waals surface area contributed by atoms with E-state index in [2.05, 4.69) is 10.6 Å². The largest absolute Gasteiger partial charge is 0.454 e. The first-order valence-corrected chi connectivity index (χ1v) is 9.28. The number of fused-ring (bicyclic) bond motifs is 1. The normalized spacial score (nSPS) is 19.7. The van der Waals surface area contributed by atoms with Crippen LogP contribution in [0.3, 0.4) is 0 Å². The van der Waals surface area contributed by atoms with Gasteiger partial charge < -0.3 is 20.1 Å². The van der Waals surface area contributed by atoms with Gasteiger partial charge in [-0.05, 0) is 25.8 Å². The van der Waals surface area contributed by atoms with Crippen LogP contribution in [0.2, 0.25) is 0 Å². The van der Waals surface area contributed by atoms with Crippen LogP contribution in [0.25, 0.3) is 0 Å². The molecule has 1 spiro atoms. The van der Waals surface area contributed by atoms with Crippen molar-refractivity contribution in [1.29, 1.82) is 0 Å². The van der Waals surface area contributed by atoms with E-state index in [4.69, 9.17) is 9.47 Å². The highest BCUT2D eigenvalue weighted by Gasteiger charge is 2.51. The molecule has 148 valence electrons. The van der Waals surface area contributed by atoms with E-state index in [0.29, 0.717) is 24.3 Å². The Morgan fingerprint density at radius 1 is 1.14 bits per heavy atom. The molecular formula is C19H21N3O6. The molecule has 9 nitrogen and oxygen atoms in total. The number of Topliss-reactive ketones (excluding diaryl/α,β-unsaturated/α-hetero) is 1. The minimum Gasteiger partial charge on any atom is -0.454 e. The molecule has 2 N–H and O–H groups in total. The van der Waals surface area contributed by atoms with Crippen molar-refractivity contribution in [2.75, 3.05) is 18.7 Å². The van der Waals surface area contributed by atoms with E-state index < -0.39 is 24.0 Å². The average molecular weight is 387 g/mol. The third kappa shape index (κ3) is 3.06. The summed E-state index contributed by atoms with van der Waals surface area (Å²) in [6.07, 6.45) is 3.94. The summed E-state index contributed by atoms with van der Waals surface area (Å²) in [5, 5.41) is 5.38. The van der Waals surface area contributed by atoms with Crippen molar-refractivity contribution in [3.63, 3.8) is 0 Å². The molecule has 28 heavy (non-hydrogen) atoms. The number of anilines is 1. The molecule has 1 aliphatic carbocycles. The van der Waals surface area contributed by atoms with Crippen LogP contribution in [0, 0.1) is 0 Å². The van der Waals surface area contributed by atoms with Gasteiger partial charge in [0.05, 0.1) is 5.69 Å². The Balaban J connectivity index is 1.50. The minimum absolute atomic E-state index is 0.0363. The Bertz CT molecular complexity index is 875. The smallest absolute Gasteiger partial charge is 0.325 e. The Labute approximate surface area is 161 Å². The van der Waals surface area contributed by atoms with E-state index in [-0.39, 0.29) is 29.7 Å². The summed E-state index contributed by atoms with van der Waals surface area (Å²) < 4.78 is 10.5. The number of imide groups is 1. The zero-order valence-corrected chi connectivity index (χ0v) is 15.5. The fraction of sp³-hybridized carbons (Fsp3) is 0.474. The van der Waals surface area contributed by atoms with Gasteiger partial charge in [0.25, 0.3) is 5.91 Å². The molecule has 3 aliphatic rings. The number of ether oxygens (including phenoxy) is 2. The number of benzene rings is 1. The third-order valence-corrected chi connectivity index (χ3v) is 5.42. The monoisotopic (exact) mass is 387 g/mol. The molecule has 9 heteroatoms. The Hall–Kier alpha value is -3.10. The van der Waals surface area contributed by atoms with Crippen molar-refractivity contribution in [2.45, 2.75) is 44.6 Å². The molecule has 0 radical (unpaired) electrons. The molecule has 4 amide bonds. The van der Waals surface area contributed by atoms with Gasteiger partial charge in [-0.15, -0.1) is 0 Å². The summed E-state index contributed by atoms with van der Waals surface area (Å²) in [6, 6.07) is 2.45. The lowest BCUT2D eigenvalue weighted by molar-refractivity contribution is -0.134. The maximum atomic E-state index is 12.8. The van der Waals surface area contributed by atoms with Crippen LogP contribution in [0.1, 0.15) is 49.4 Å². The number of carbonyl (C=O) groups excluding carboxylic acids is 4. The second-order valence-electron chi connectivity index (χ2n) is 7.32. The van der Waals surface area contributed by atoms with Gasteiger partial charge in [0.2, 0.25) is 12.7 Å². The Morgan fingerprint density at radius 2 is 1.82 bits per heavy atom. The van der Waals surface area contributed by atoms with Crippen LogP contribution in [0.15, 0.2) is 12.1 Å². The number of amides is 4. The fourth-order valence-electron chi connectivity index (χ4n) is 3.98. The first-order valence-electron chi connectivity index (χ1n) is 9.28. The van der Waals surface area contributed by atoms with E-state index in [1.54, 1.807) is 0 Å². The molecule has 0 aromatic heterocycles. The Kier molecular flexibility index (Phi) is 4.44. The lowest BCUT2D eigenvalue weighted by atomic mass is 9.82. The van der Waals surface area contributed by atoms with Crippen molar-refractivity contribution in [2.24, 2.45) is 0 Å². The lowest BCUT2D eigenvalue weighted by Gasteiger charge is -2.30. The zero-order chi connectivity index (χ0) is 19.9. The summed E-state index contributed by atoms with van der Waals surface area (Å²) in [5.41, 5.74) is -0.362. The zero-order valence-electron chi connectivity index (χ0n) is 15.5. The van der Waals surface area contributed by atoms with Crippen LogP contribution >= 0.6 is 0 Å². The summed E-state index contributed by atoms with van der Waals surface area (Å²) >= 11 is 0. The van der Waals surface area contributed by atoms with Crippen molar-refractivity contribution in [1.82, 2.24) is 10.2 Å². The van der Waals surface area contributed by atoms with E-state index in [1.165, 1.54) is 19.1 Å². The molecule has 2 heterocycles. The molecule has 0 bridgehead atoms. The predicted octanol–water partition coefficient (Wildman–Crippen LogP) is 1.81. The molecule has 1 saturated heterocycles. The highest BCUT2D eigenvalue weighted by molar-refractivity contribution is 6.11. The number of ketones is 1. The quantitative estimate of drug-likeness (QED) is 0.602. The predicted molar refractivity (Wildman–Crippen MR) is 97.3 cm³/mol. The molecule has 1 saturated carbocycles. The maximum Gasteiger partial charge on any atom is 0.325 e. The molecule has 2 fully saturated rings. The van der Waals surface area contributed by atoms with Gasteiger partial charge in [-0.3, -0.25) is 19.3 Å². The lowest BCUT2D eigenvalue weighted by Crippen LogP contribution is -2.48. The number of urea groups is 1. The highest BCUT2D eigenvalue weighted by Crippen LogP contribution is 2.37. The molecule has 2 aliphatic heterocycles. The number of nitrogens with one attached hydrogen (secondary N) is 2. The van der Waals surface area contributed by atoms with Crippen LogP contribution in [-0.4, -0.2) is 47.4 Å². The van der Waals surface area contributed by atoms with E-state index in [1.807, 2.05) is 0 Å². The van der Waals surface area contributed by atoms with Gasteiger partial charge in [0.1, 0.15) is 12.1 Å². The second-order valence-corrected chi connectivity index (χ2v) is 7.32. The SMILES string of the molecule is CC(=O)c1cc2c(cc1NC(=O)CN1C(=O)NC3(CCCCC3)C1=O)OCO2. The second kappa shape index (κ2) is 6.81. The number of hydrogen-bond donors (Lipinski definition) is 2. The highest BCUT2D eigenvalue weighted by atomic mass is 16.7. The molecule has 4 rings (SSSR count). The van der Waals surface area contributed by atoms with E-state index >= 15 is 0 Å². The van der Waals surface area contributed by atoms with Crippen LogP contribution in [0.5, 0.6) is 11.5 Å². The molecule has 1 aromatic carbocycles. The molecule has 1 aromatic rings. The van der Waals surface area contributed by atoms with Gasteiger partial charge in [0.15, 0.2) is 17.3 Å². The van der Waals surface area contributed by atoms with E-state index in [9.17, 15) is 19.2 Å². The van der Waals surface area contributed by atoms with Crippen molar-refractivity contribution in [3.05, 3.63) is 17.7 Å². The summed E-state index contributed by atoms with van der Waals surface area (Å²) in [6.45, 7) is 0.990. The van der Waals surface area contributed by atoms with Crippen molar-refractivity contribution in [3.8, 4) is 11.5 Å². The topological polar surface area (TPSA) is 114 Å². The molecule has 0 atom stereocenters. The van der Waals surface area contributed by atoms with Crippen molar-refractivity contribution < 1.29 is 28.7 Å². The Morgan fingerprint density at radius 3 is 2.50 bits per heavy atom. The summed E-state index contributed by atoms with van der Waals surface area (Å²) in [7, 11) is 0. The van der Waals surface area contributed by atoms with Crippen LogP contribution in [0.4, 0.5) is 10.5 Å². The summed E-state index contributed by atoms with van der Waals surface area (Å²) in [5.74, 6) is -0.347. The third-order valence-electron chi connectivity index (χ3n) is 5.42. The fourth-order valence-corrected chi connectivity index (χ4v) is 3.98. The maximum absolute atomic E-state index is 12.8. The minimum atomic E-state index is -0.876. The van der Waals surface area contributed by atoms with Crippen LogP contribution in [-0.2, 0) is 9.59 Å². The van der Waals surface area contributed by atoms with Crippen LogP contribution < -0.4 is 20.1 Å². The van der Waals surface area contributed by atoms with Gasteiger partial charge in [-0.25, -0.2) is 4.79 Å². The van der Waals surface area contributed by atoms with E-state index in [0.717, 1.165) is 24.2 Å². The van der Waals surface area contributed by atoms with Gasteiger partial charge >= 0.3 is 6.03 Å². The van der Waals surface area contributed by atoms with Gasteiger partial charge in [-0.2, -0.15) is 0 Å². The standard InChI is InChI=1S/C19H21N3O6/c1-11(23)12-7-14-15(28-10-27-14)8-13(12)20-16(24)9-22-17(25)19(21-18(22)26)5-3-2-4-6-19/h7-8H,2-6,9-10H2,1H3,(H,20,24)(H,21,26). The van der Waals surface area contributed by atoms with Crippen molar-refractivity contribution >= 4 is 29.3 Å².